The number of halogens is 3. The monoisotopic (exact) mass is 459 g/mol. The molecule has 0 fully saturated rings. The molecule has 0 saturated heterocycles. The third kappa shape index (κ3) is 6.48. The lowest BCUT2D eigenvalue weighted by atomic mass is 10.1. The lowest BCUT2D eigenvalue weighted by Crippen LogP contribution is -2.26. The molecule has 0 radical (unpaired) electrons. The second kappa shape index (κ2) is 10.1. The number of carbonyl (C=O) groups is 2. The van der Waals surface area contributed by atoms with Crippen LogP contribution in [0.3, 0.4) is 0 Å². The van der Waals surface area contributed by atoms with Crippen molar-refractivity contribution in [3.8, 4) is 11.4 Å². The second-order valence-electron chi connectivity index (χ2n) is 7.11. The molecule has 3 aromatic rings. The molecule has 1 aromatic carbocycles. The molecule has 3 rings (SSSR count). The van der Waals surface area contributed by atoms with Crippen LogP contribution in [-0.4, -0.2) is 38.5 Å². The van der Waals surface area contributed by atoms with Crippen LogP contribution in [0.25, 0.3) is 11.4 Å². The van der Waals surface area contributed by atoms with Gasteiger partial charge in [0.1, 0.15) is 5.82 Å². The van der Waals surface area contributed by atoms with Crippen molar-refractivity contribution >= 4 is 17.7 Å². The van der Waals surface area contributed by atoms with Crippen molar-refractivity contribution in [2.75, 3.05) is 11.9 Å². The first-order chi connectivity index (χ1) is 15.6. The quantitative estimate of drug-likeness (QED) is 0.467. The number of pyridine rings is 1. The van der Waals surface area contributed by atoms with Gasteiger partial charge >= 0.3 is 12.1 Å². The fourth-order valence-electron chi connectivity index (χ4n) is 2.82. The van der Waals surface area contributed by atoms with Crippen LogP contribution < -0.4 is 10.6 Å². The van der Waals surface area contributed by atoms with Crippen LogP contribution in [0.5, 0.6) is 0 Å². The van der Waals surface area contributed by atoms with E-state index < -0.39 is 23.6 Å². The lowest BCUT2D eigenvalue weighted by molar-refractivity contribution is -0.138. The predicted molar refractivity (Wildman–Crippen MR) is 113 cm³/mol. The van der Waals surface area contributed by atoms with E-state index in [1.165, 1.54) is 18.3 Å². The summed E-state index contributed by atoms with van der Waals surface area (Å²) < 4.78 is 38.1. The second-order valence-corrected chi connectivity index (χ2v) is 7.11. The molecule has 0 aliphatic heterocycles. The van der Waals surface area contributed by atoms with Gasteiger partial charge < -0.3 is 15.7 Å². The molecule has 0 spiro atoms. The van der Waals surface area contributed by atoms with Crippen molar-refractivity contribution < 1.29 is 27.9 Å². The summed E-state index contributed by atoms with van der Waals surface area (Å²) >= 11 is 0. The van der Waals surface area contributed by atoms with E-state index >= 15 is 0 Å². The van der Waals surface area contributed by atoms with Gasteiger partial charge in [-0.15, -0.1) is 0 Å². The summed E-state index contributed by atoms with van der Waals surface area (Å²) in [5, 5.41) is 14.2. The van der Waals surface area contributed by atoms with Gasteiger partial charge in [0, 0.05) is 36.3 Å². The Morgan fingerprint density at radius 1 is 1.00 bits per heavy atom. The maximum atomic E-state index is 12.7. The van der Waals surface area contributed by atoms with E-state index in [4.69, 9.17) is 5.11 Å². The first-order valence-corrected chi connectivity index (χ1v) is 9.85. The molecular weight excluding hydrogens is 439 g/mol. The summed E-state index contributed by atoms with van der Waals surface area (Å²) in [6.45, 7) is 1.87. The van der Waals surface area contributed by atoms with Crippen molar-refractivity contribution in [1.82, 2.24) is 20.3 Å². The Balaban J connectivity index is 1.59. The molecule has 1 amide bonds. The van der Waals surface area contributed by atoms with Crippen molar-refractivity contribution in [2.24, 2.45) is 0 Å². The van der Waals surface area contributed by atoms with Gasteiger partial charge in [-0.05, 0) is 31.2 Å². The van der Waals surface area contributed by atoms with E-state index in [-0.39, 0.29) is 19.0 Å². The third-order valence-electron chi connectivity index (χ3n) is 4.66. The number of nitrogens with zero attached hydrogens (tertiary/aromatic N) is 3. The van der Waals surface area contributed by atoms with Crippen molar-refractivity contribution in [1.29, 1.82) is 0 Å². The number of anilines is 1. The average Bonchev–Trinajstić information content (AvgIpc) is 2.79. The fraction of sp³-hybridized carbons (Fsp3) is 0.227. The van der Waals surface area contributed by atoms with Crippen molar-refractivity contribution in [2.45, 2.75) is 25.6 Å². The van der Waals surface area contributed by atoms with Gasteiger partial charge in [0.2, 0.25) is 0 Å². The molecule has 0 saturated carbocycles. The van der Waals surface area contributed by atoms with E-state index in [0.29, 0.717) is 22.8 Å². The highest BCUT2D eigenvalue weighted by Crippen LogP contribution is 2.30. The Morgan fingerprint density at radius 2 is 1.67 bits per heavy atom. The molecule has 1 atom stereocenters. The highest BCUT2D eigenvalue weighted by Gasteiger charge is 2.30. The van der Waals surface area contributed by atoms with E-state index in [0.717, 1.165) is 17.7 Å². The summed E-state index contributed by atoms with van der Waals surface area (Å²) in [5.41, 5.74) is 0.747. The topological polar surface area (TPSA) is 117 Å². The van der Waals surface area contributed by atoms with Crippen LogP contribution in [0.2, 0.25) is 0 Å². The maximum Gasteiger partial charge on any atom is 0.416 e. The number of hydrogen-bond acceptors (Lipinski definition) is 6. The zero-order valence-corrected chi connectivity index (χ0v) is 17.4. The van der Waals surface area contributed by atoms with Gasteiger partial charge in [0.15, 0.2) is 5.82 Å². The standard InChI is InChI=1S/C22H20F3N5O3/c1-13(30-18-7-4-15(10-27-18)21(33)26-9-8-19(31)32)16-11-28-20(29-12-16)14-2-5-17(6-3-14)22(23,24)25/h2-7,10-13H,8-9H2,1H3,(H,26,33)(H,27,30)(H,31,32)/t13-/m0/s1. The number of carboxylic acid groups (broad SMARTS) is 1. The number of aliphatic carboxylic acids is 1. The van der Waals surface area contributed by atoms with E-state index in [1.807, 2.05) is 6.92 Å². The third-order valence-corrected chi connectivity index (χ3v) is 4.66. The summed E-state index contributed by atoms with van der Waals surface area (Å²) in [6.07, 6.45) is -0.0595. The van der Waals surface area contributed by atoms with E-state index in [9.17, 15) is 22.8 Å². The molecule has 172 valence electrons. The molecule has 2 aromatic heterocycles. The smallest absolute Gasteiger partial charge is 0.416 e. The Hall–Kier alpha value is -4.02. The van der Waals surface area contributed by atoms with E-state index in [1.54, 1.807) is 24.5 Å². The molecule has 0 aliphatic rings. The molecule has 2 heterocycles. The molecule has 33 heavy (non-hydrogen) atoms. The van der Waals surface area contributed by atoms with Crippen molar-refractivity contribution in [3.05, 3.63) is 71.7 Å². The van der Waals surface area contributed by atoms with Gasteiger partial charge in [-0.2, -0.15) is 13.2 Å². The first-order valence-electron chi connectivity index (χ1n) is 9.85. The molecule has 8 nitrogen and oxygen atoms in total. The molecule has 11 heteroatoms. The van der Waals surface area contributed by atoms with Crippen molar-refractivity contribution in [3.63, 3.8) is 0 Å². The summed E-state index contributed by atoms with van der Waals surface area (Å²) in [7, 11) is 0. The maximum absolute atomic E-state index is 12.7. The Labute approximate surface area is 186 Å². The zero-order valence-electron chi connectivity index (χ0n) is 17.4. The minimum absolute atomic E-state index is 0.0215. The number of benzene rings is 1. The number of rotatable bonds is 8. The predicted octanol–water partition coefficient (Wildman–Crippen LogP) is 3.94. The molecule has 0 unspecified atom stereocenters. The van der Waals surface area contributed by atoms with Gasteiger partial charge in [-0.3, -0.25) is 9.59 Å². The largest absolute Gasteiger partial charge is 0.481 e. The number of hydrogen-bond donors (Lipinski definition) is 3. The van der Waals surface area contributed by atoms with Gasteiger partial charge in [0.05, 0.1) is 23.6 Å². The SMILES string of the molecule is C[C@H](Nc1ccc(C(=O)NCCC(=O)O)cn1)c1cnc(-c2ccc(C(F)(F)F)cc2)nc1. The minimum Gasteiger partial charge on any atom is -0.481 e. The van der Waals surface area contributed by atoms with Crippen LogP contribution in [0.15, 0.2) is 55.0 Å². The highest BCUT2D eigenvalue weighted by molar-refractivity contribution is 5.94. The summed E-state index contributed by atoms with van der Waals surface area (Å²) in [6, 6.07) is 7.54. The van der Waals surface area contributed by atoms with E-state index in [2.05, 4.69) is 25.6 Å². The summed E-state index contributed by atoms with van der Waals surface area (Å²) in [5.74, 6) is -0.624. The van der Waals surface area contributed by atoms with Crippen LogP contribution in [0, 0.1) is 0 Å². The summed E-state index contributed by atoms with van der Waals surface area (Å²) in [4.78, 5) is 35.1. The first kappa shape index (κ1) is 23.6. The molecule has 0 aliphatic carbocycles. The molecule has 3 N–H and O–H groups in total. The highest BCUT2D eigenvalue weighted by atomic mass is 19.4. The number of aromatic nitrogens is 3. The normalized spacial score (nSPS) is 12.1. The number of nitrogens with one attached hydrogen (secondary N) is 2. The number of carboxylic acids is 1. The van der Waals surface area contributed by atoms with Gasteiger partial charge in [-0.25, -0.2) is 15.0 Å². The van der Waals surface area contributed by atoms with Crippen LogP contribution in [-0.2, 0) is 11.0 Å². The Morgan fingerprint density at radius 3 is 2.21 bits per heavy atom. The lowest BCUT2D eigenvalue weighted by Gasteiger charge is -2.15. The minimum atomic E-state index is -4.40. The number of alkyl halides is 3. The Bertz CT molecular complexity index is 1100. The fourth-order valence-corrected chi connectivity index (χ4v) is 2.82. The average molecular weight is 459 g/mol. The number of amides is 1. The van der Waals surface area contributed by atoms with Gasteiger partial charge in [0.25, 0.3) is 5.91 Å². The van der Waals surface area contributed by atoms with Crippen LogP contribution in [0.4, 0.5) is 19.0 Å². The van der Waals surface area contributed by atoms with Gasteiger partial charge in [-0.1, -0.05) is 12.1 Å². The zero-order chi connectivity index (χ0) is 24.0. The Kier molecular flexibility index (Phi) is 7.21. The number of carbonyl (C=O) groups excluding carboxylic acids is 1. The molecule has 0 bridgehead atoms. The van der Waals surface area contributed by atoms with Crippen LogP contribution >= 0.6 is 0 Å². The molecular formula is C22H20F3N5O3. The van der Waals surface area contributed by atoms with Crippen LogP contribution in [0.1, 0.15) is 40.9 Å².